The van der Waals surface area contributed by atoms with Crippen LogP contribution in [0.3, 0.4) is 0 Å². The first-order valence-electron chi connectivity index (χ1n) is 22.3. The van der Waals surface area contributed by atoms with Crippen molar-refractivity contribution in [2.24, 2.45) is 23.7 Å². The molecule has 0 N–H and O–H groups in total. The van der Waals surface area contributed by atoms with E-state index in [1.165, 1.54) is 110 Å². The second kappa shape index (κ2) is 13.3. The second-order valence-corrected chi connectivity index (χ2v) is 18.5. The van der Waals surface area contributed by atoms with Crippen LogP contribution in [0, 0.1) is 23.7 Å². The number of rotatable bonds is 6. The average Bonchev–Trinajstić information content (AvgIpc) is 3.77. The van der Waals surface area contributed by atoms with E-state index in [0.717, 1.165) is 29.4 Å². The zero-order valence-corrected chi connectivity index (χ0v) is 33.8. The lowest BCUT2D eigenvalue weighted by Crippen LogP contribution is -2.43. The van der Waals surface area contributed by atoms with Gasteiger partial charge in [-0.05, 0) is 170 Å². The summed E-state index contributed by atoms with van der Waals surface area (Å²) in [6, 6.07) is 73.4. The highest BCUT2D eigenvalue weighted by Crippen LogP contribution is 2.64. The smallest absolute Gasteiger partial charge is 0.0726 e. The maximum Gasteiger partial charge on any atom is 0.0726 e. The molecule has 0 amide bonds. The lowest BCUT2D eigenvalue weighted by Gasteiger charge is -2.54. The quantitative estimate of drug-likeness (QED) is 0.163. The van der Waals surface area contributed by atoms with Crippen LogP contribution in [0.4, 0.5) is 17.1 Å². The van der Waals surface area contributed by atoms with Gasteiger partial charge in [-0.25, -0.2) is 0 Å². The molecule has 0 unspecified atom stereocenters. The van der Waals surface area contributed by atoms with Crippen molar-refractivity contribution >= 4 is 17.1 Å². The van der Waals surface area contributed by atoms with E-state index in [1.807, 2.05) is 0 Å². The molecule has 0 atom stereocenters. The van der Waals surface area contributed by atoms with Crippen molar-refractivity contribution in [2.45, 2.75) is 43.4 Å². The lowest BCUT2D eigenvalue weighted by molar-refractivity contribution is -0.00277. The molecule has 0 aromatic heterocycles. The molecular weight excluding hydrogens is 723 g/mol. The summed E-state index contributed by atoms with van der Waals surface area (Å²) in [5, 5.41) is 0. The molecule has 6 aliphatic rings. The Morgan fingerprint density at radius 1 is 0.333 bits per heavy atom. The van der Waals surface area contributed by atoms with Gasteiger partial charge in [0.15, 0.2) is 0 Å². The van der Waals surface area contributed by atoms with Gasteiger partial charge < -0.3 is 4.90 Å². The SMILES string of the molecule is c1ccc(-c2ccccc2-c2ccc(N(c3ccc(C4C5CC6CC(C5)CC4C6)cc3)c3ccc4c(c3)C3(c5ccccc5-c5ccccc53)c3ccccc3-4)cc2)cc1. The van der Waals surface area contributed by atoms with Gasteiger partial charge in [0, 0.05) is 17.1 Å². The summed E-state index contributed by atoms with van der Waals surface area (Å²) >= 11 is 0. The van der Waals surface area contributed by atoms with E-state index in [-0.39, 0.29) is 0 Å². The molecule has 8 aromatic rings. The summed E-state index contributed by atoms with van der Waals surface area (Å²) in [5.41, 5.74) is 20.5. The Kier molecular flexibility index (Phi) is 7.62. The van der Waals surface area contributed by atoms with Crippen molar-refractivity contribution in [1.29, 1.82) is 0 Å². The summed E-state index contributed by atoms with van der Waals surface area (Å²) in [5.74, 6) is 4.40. The molecule has 4 fully saturated rings. The molecule has 14 rings (SSSR count). The van der Waals surface area contributed by atoms with Crippen molar-refractivity contribution in [2.75, 3.05) is 4.90 Å². The van der Waals surface area contributed by atoms with Gasteiger partial charge >= 0.3 is 0 Å². The first kappa shape index (κ1) is 34.4. The standard InChI is InChI=1S/C59H47N/c1-2-12-40(13-3-1)48-14-4-5-15-49(48)41-22-26-45(27-23-41)60(46-28-24-42(25-29-46)58-43-33-38-32-39(35-43)36-44(58)34-38)47-30-31-53-52-18-8-11-21-56(52)59(57(53)37-47)54-19-9-6-16-50(54)51-17-7-10-20-55(51)59/h1-31,37-39,43-44,58H,32-36H2. The maximum atomic E-state index is 2.53. The van der Waals surface area contributed by atoms with Crippen LogP contribution in [0.25, 0.3) is 44.5 Å². The molecule has 0 radical (unpaired) electrons. The zero-order chi connectivity index (χ0) is 39.4. The predicted molar refractivity (Wildman–Crippen MR) is 248 cm³/mol. The van der Waals surface area contributed by atoms with Crippen molar-refractivity contribution in [3.05, 3.63) is 222 Å². The van der Waals surface area contributed by atoms with Gasteiger partial charge in [-0.2, -0.15) is 0 Å². The molecule has 0 aliphatic heterocycles. The third-order valence-corrected chi connectivity index (χ3v) is 15.5. The first-order chi connectivity index (χ1) is 29.7. The van der Waals surface area contributed by atoms with Crippen LogP contribution in [0.1, 0.15) is 65.8 Å². The largest absolute Gasteiger partial charge is 0.310 e. The van der Waals surface area contributed by atoms with Gasteiger partial charge in [0.1, 0.15) is 0 Å². The topological polar surface area (TPSA) is 3.24 Å². The van der Waals surface area contributed by atoms with Gasteiger partial charge in [-0.15, -0.1) is 0 Å². The van der Waals surface area contributed by atoms with Gasteiger partial charge in [0.2, 0.25) is 0 Å². The van der Waals surface area contributed by atoms with E-state index in [2.05, 4.69) is 199 Å². The number of hydrogen-bond acceptors (Lipinski definition) is 1. The number of nitrogens with zero attached hydrogens (tertiary/aromatic N) is 1. The Balaban J connectivity index is 0.970. The summed E-state index contributed by atoms with van der Waals surface area (Å²) in [7, 11) is 0. The molecule has 8 aromatic carbocycles. The minimum Gasteiger partial charge on any atom is -0.310 e. The number of anilines is 3. The summed E-state index contributed by atoms with van der Waals surface area (Å²) in [6.45, 7) is 0. The van der Waals surface area contributed by atoms with E-state index in [1.54, 1.807) is 5.56 Å². The minimum absolute atomic E-state index is 0.394. The Bertz CT molecular complexity index is 2850. The highest BCUT2D eigenvalue weighted by molar-refractivity contribution is 5.96. The fraction of sp³-hybridized carbons (Fsp3) is 0.186. The summed E-state index contributed by atoms with van der Waals surface area (Å²) < 4.78 is 0. The summed E-state index contributed by atoms with van der Waals surface area (Å²) in [6.07, 6.45) is 7.26. The van der Waals surface area contributed by atoms with E-state index >= 15 is 0 Å². The van der Waals surface area contributed by atoms with Crippen molar-refractivity contribution in [3.8, 4) is 44.5 Å². The number of benzene rings is 8. The van der Waals surface area contributed by atoms with Crippen molar-refractivity contribution in [3.63, 3.8) is 0 Å². The van der Waals surface area contributed by atoms with Crippen molar-refractivity contribution in [1.82, 2.24) is 0 Å². The van der Waals surface area contributed by atoms with Gasteiger partial charge in [-0.3, -0.25) is 0 Å². The monoisotopic (exact) mass is 769 g/mol. The van der Waals surface area contributed by atoms with E-state index in [0.29, 0.717) is 5.92 Å². The van der Waals surface area contributed by atoms with Gasteiger partial charge in [0.25, 0.3) is 0 Å². The molecule has 288 valence electrons. The third-order valence-electron chi connectivity index (χ3n) is 15.5. The fourth-order valence-electron chi connectivity index (χ4n) is 13.4. The van der Waals surface area contributed by atoms with E-state index < -0.39 is 5.41 Å². The Labute approximate surface area is 354 Å². The van der Waals surface area contributed by atoms with Crippen LogP contribution in [0.15, 0.2) is 194 Å². The molecule has 1 heteroatoms. The van der Waals surface area contributed by atoms with E-state index in [4.69, 9.17) is 0 Å². The van der Waals surface area contributed by atoms with Crippen LogP contribution in [0.5, 0.6) is 0 Å². The normalized spacial score (nSPS) is 22.0. The van der Waals surface area contributed by atoms with Crippen LogP contribution in [-0.2, 0) is 5.41 Å². The first-order valence-corrected chi connectivity index (χ1v) is 22.3. The van der Waals surface area contributed by atoms with E-state index in [9.17, 15) is 0 Å². The van der Waals surface area contributed by atoms with Gasteiger partial charge in [0.05, 0.1) is 5.41 Å². The number of hydrogen-bond donors (Lipinski definition) is 0. The lowest BCUT2D eigenvalue weighted by atomic mass is 9.51. The Morgan fingerprint density at radius 2 is 0.750 bits per heavy atom. The van der Waals surface area contributed by atoms with Crippen LogP contribution in [-0.4, -0.2) is 0 Å². The van der Waals surface area contributed by atoms with Crippen LogP contribution in [0.2, 0.25) is 0 Å². The molecule has 6 aliphatic carbocycles. The molecule has 0 heterocycles. The molecule has 1 nitrogen and oxygen atoms in total. The zero-order valence-electron chi connectivity index (χ0n) is 33.8. The highest BCUT2D eigenvalue weighted by atomic mass is 15.1. The highest BCUT2D eigenvalue weighted by Gasteiger charge is 2.52. The minimum atomic E-state index is -0.394. The number of fused-ring (bicyclic) bond motifs is 10. The fourth-order valence-corrected chi connectivity index (χ4v) is 13.4. The van der Waals surface area contributed by atoms with Crippen LogP contribution < -0.4 is 4.90 Å². The molecular formula is C59H47N. The Morgan fingerprint density at radius 3 is 1.28 bits per heavy atom. The average molecular weight is 770 g/mol. The molecule has 0 saturated heterocycles. The molecule has 4 bridgehead atoms. The molecule has 4 saturated carbocycles. The third kappa shape index (κ3) is 4.99. The van der Waals surface area contributed by atoms with Crippen LogP contribution >= 0.6 is 0 Å². The molecule has 60 heavy (non-hydrogen) atoms. The predicted octanol–water partition coefficient (Wildman–Crippen LogP) is 15.4. The second-order valence-electron chi connectivity index (χ2n) is 18.5. The maximum absolute atomic E-state index is 2.53. The van der Waals surface area contributed by atoms with Gasteiger partial charge in [-0.1, -0.05) is 158 Å². The Hall–Kier alpha value is -6.44. The molecule has 1 spiro atoms. The summed E-state index contributed by atoms with van der Waals surface area (Å²) in [4.78, 5) is 2.51. The van der Waals surface area contributed by atoms with Crippen molar-refractivity contribution < 1.29 is 0 Å².